The molecule has 0 radical (unpaired) electrons. The van der Waals surface area contributed by atoms with Crippen molar-refractivity contribution < 1.29 is 28.3 Å². The molecule has 0 amide bonds. The Kier molecular flexibility index (Phi) is 12.0. The largest absolute Gasteiger partial charge is 0.456 e. The fourth-order valence-corrected chi connectivity index (χ4v) is 6.39. The molecule has 0 unspecified atom stereocenters. The predicted octanol–water partition coefficient (Wildman–Crippen LogP) is 6.63. The van der Waals surface area contributed by atoms with Crippen molar-refractivity contribution in [2.45, 2.75) is 124 Å². The molecule has 1 aliphatic heterocycles. The number of ketones is 1. The van der Waals surface area contributed by atoms with Crippen LogP contribution in [0.15, 0.2) is 22.9 Å². The Bertz CT molecular complexity index is 998. The van der Waals surface area contributed by atoms with E-state index in [9.17, 15) is 14.4 Å². The molecule has 6 nitrogen and oxygen atoms in total. The van der Waals surface area contributed by atoms with Gasteiger partial charge in [-0.25, -0.2) is 0 Å². The molecule has 214 valence electrons. The van der Waals surface area contributed by atoms with Crippen molar-refractivity contribution in [1.29, 1.82) is 0 Å². The summed E-state index contributed by atoms with van der Waals surface area (Å²) in [6.07, 6.45) is 1.38. The van der Waals surface area contributed by atoms with Crippen molar-refractivity contribution in [3.05, 3.63) is 22.9 Å². The number of hydrogen-bond donors (Lipinski definition) is 0. The molecule has 0 saturated heterocycles. The second-order valence-corrected chi connectivity index (χ2v) is 23.1. The van der Waals surface area contributed by atoms with Crippen LogP contribution in [0.4, 0.5) is 0 Å². The maximum absolute atomic E-state index is 14.2. The number of allylic oxidation sites excluding steroid dienone is 1. The van der Waals surface area contributed by atoms with Crippen LogP contribution in [0.2, 0.25) is 37.8 Å². The summed E-state index contributed by atoms with van der Waals surface area (Å²) in [7, 11) is -4.73. The van der Waals surface area contributed by atoms with E-state index in [-0.39, 0.29) is 29.6 Å². The molecule has 1 heterocycles. The fourth-order valence-electron chi connectivity index (χ4n) is 3.59. The summed E-state index contributed by atoms with van der Waals surface area (Å²) in [6, 6.07) is 0. The Morgan fingerprint density at radius 1 is 1.18 bits per heavy atom. The van der Waals surface area contributed by atoms with E-state index in [1.54, 1.807) is 13.0 Å². The third-order valence-corrected chi connectivity index (χ3v) is 13.7. The quantitative estimate of drug-likeness (QED) is 0.150. The highest BCUT2D eigenvalue weighted by Crippen LogP contribution is 2.38. The molecule has 0 N–H and O–H groups in total. The molecule has 1 aliphatic rings. The Morgan fingerprint density at radius 2 is 1.76 bits per heavy atom. The summed E-state index contributed by atoms with van der Waals surface area (Å²) in [5.74, 6) is 4.49. The monoisotopic (exact) mass is 562 g/mol. The van der Waals surface area contributed by atoms with Crippen molar-refractivity contribution in [2.75, 3.05) is 0 Å². The smallest absolute Gasteiger partial charge is 0.313 e. The zero-order valence-electron chi connectivity index (χ0n) is 25.9. The summed E-state index contributed by atoms with van der Waals surface area (Å²) in [5, 5.41) is 0.370. The number of hydrogen-bond acceptors (Lipinski definition) is 6. The minimum absolute atomic E-state index is 0.0704. The van der Waals surface area contributed by atoms with Crippen molar-refractivity contribution in [3.8, 4) is 11.8 Å². The van der Waals surface area contributed by atoms with Crippen molar-refractivity contribution >= 4 is 34.1 Å². The Morgan fingerprint density at radius 3 is 2.24 bits per heavy atom. The maximum atomic E-state index is 14.2. The Labute approximate surface area is 233 Å². The van der Waals surface area contributed by atoms with E-state index in [0.29, 0.717) is 5.20 Å². The van der Waals surface area contributed by atoms with Gasteiger partial charge in [-0.3, -0.25) is 14.4 Å². The number of carbonyl (C=O) groups is 3. The van der Waals surface area contributed by atoms with Crippen molar-refractivity contribution in [3.63, 3.8) is 0 Å². The Balaban J connectivity index is 3.88. The molecule has 0 aliphatic carbocycles. The standard InChI is InChI=1S/C30H50O6Si2/c1-14-21(4)23-16-15-17-24(36-38(12,13)30(6,7)8)28(35-26(31)18-20(2)3)27(32)25(37(9,10)11)19-22(5)29(33)34-23/h14,19-20,22-24,28H,16,18H2,1-13H3/b21-14-,25-19-/t22-,23+,24+,28-/m0/s1. The number of cyclic esters (lactones) is 1. The van der Waals surface area contributed by atoms with E-state index in [4.69, 9.17) is 13.9 Å². The van der Waals surface area contributed by atoms with Gasteiger partial charge in [0.15, 0.2) is 26.3 Å². The van der Waals surface area contributed by atoms with Gasteiger partial charge >= 0.3 is 11.9 Å². The van der Waals surface area contributed by atoms with Gasteiger partial charge in [-0.2, -0.15) is 0 Å². The maximum Gasteiger partial charge on any atom is 0.313 e. The molecule has 0 saturated carbocycles. The molecule has 0 fully saturated rings. The lowest BCUT2D eigenvalue weighted by molar-refractivity contribution is -0.158. The third kappa shape index (κ3) is 9.66. The minimum atomic E-state index is -2.43. The minimum Gasteiger partial charge on any atom is -0.456 e. The van der Waals surface area contributed by atoms with Gasteiger partial charge in [-0.05, 0) is 55.6 Å². The molecule has 38 heavy (non-hydrogen) atoms. The van der Waals surface area contributed by atoms with Crippen LogP contribution in [0.25, 0.3) is 0 Å². The Hall–Kier alpha value is -1.96. The number of carbonyl (C=O) groups excluding carboxylic acids is 3. The van der Waals surface area contributed by atoms with E-state index in [1.165, 1.54) is 0 Å². The first-order chi connectivity index (χ1) is 17.2. The van der Waals surface area contributed by atoms with Crippen LogP contribution in [0.5, 0.6) is 0 Å². The normalized spacial score (nSPS) is 25.8. The van der Waals surface area contributed by atoms with Gasteiger partial charge in [0.1, 0.15) is 6.10 Å². The number of rotatable bonds is 7. The van der Waals surface area contributed by atoms with Crippen molar-refractivity contribution in [2.24, 2.45) is 11.8 Å². The van der Waals surface area contributed by atoms with E-state index in [1.807, 2.05) is 53.4 Å². The second kappa shape index (κ2) is 13.4. The van der Waals surface area contributed by atoms with Crippen LogP contribution in [-0.2, 0) is 28.3 Å². The number of esters is 2. The van der Waals surface area contributed by atoms with Gasteiger partial charge in [-0.1, -0.05) is 78.3 Å². The molecule has 0 bridgehead atoms. The molecule has 1 rings (SSSR count). The highest BCUT2D eigenvalue weighted by molar-refractivity contribution is 6.87. The molecule has 0 aromatic carbocycles. The molecular formula is C30H50O6Si2. The first-order valence-corrected chi connectivity index (χ1v) is 20.1. The van der Waals surface area contributed by atoms with Gasteiger partial charge < -0.3 is 13.9 Å². The van der Waals surface area contributed by atoms with Gasteiger partial charge in [0.05, 0.1) is 20.4 Å². The van der Waals surface area contributed by atoms with Gasteiger partial charge in [0.2, 0.25) is 0 Å². The van der Waals surface area contributed by atoms with E-state index in [2.05, 4.69) is 45.7 Å². The lowest BCUT2D eigenvalue weighted by Gasteiger charge is -2.40. The van der Waals surface area contributed by atoms with Crippen LogP contribution in [0.1, 0.15) is 68.2 Å². The molecule has 0 aromatic rings. The summed E-state index contributed by atoms with van der Waals surface area (Å²) in [6.45, 7) is 26.0. The van der Waals surface area contributed by atoms with Crippen LogP contribution < -0.4 is 0 Å². The lowest BCUT2D eigenvalue weighted by atomic mass is 10.0. The lowest BCUT2D eigenvalue weighted by Crippen LogP contribution is -2.51. The van der Waals surface area contributed by atoms with Gasteiger partial charge in [0, 0.05) is 6.42 Å². The highest BCUT2D eigenvalue weighted by atomic mass is 28.4. The first-order valence-electron chi connectivity index (χ1n) is 13.7. The molecular weight excluding hydrogens is 512 g/mol. The molecule has 4 atom stereocenters. The summed E-state index contributed by atoms with van der Waals surface area (Å²) < 4.78 is 18.5. The fraction of sp³-hybridized carbons (Fsp3) is 0.700. The van der Waals surface area contributed by atoms with Crippen LogP contribution in [-0.4, -0.2) is 52.4 Å². The predicted molar refractivity (Wildman–Crippen MR) is 159 cm³/mol. The van der Waals surface area contributed by atoms with Crippen LogP contribution in [0.3, 0.4) is 0 Å². The number of ether oxygens (including phenoxy) is 2. The zero-order valence-corrected chi connectivity index (χ0v) is 27.9. The van der Waals surface area contributed by atoms with Gasteiger partial charge in [0.25, 0.3) is 0 Å². The second-order valence-electron chi connectivity index (χ2n) is 13.3. The summed E-state index contributed by atoms with van der Waals surface area (Å²) in [4.78, 5) is 40.2. The topological polar surface area (TPSA) is 78.9 Å². The number of Topliss-reactive ketones (excluding diaryl/α,β-unsaturated/α-hetero) is 1. The van der Waals surface area contributed by atoms with Crippen LogP contribution >= 0.6 is 0 Å². The highest BCUT2D eigenvalue weighted by Gasteiger charge is 2.45. The van der Waals surface area contributed by atoms with E-state index in [0.717, 1.165) is 5.57 Å². The third-order valence-electron chi connectivity index (χ3n) is 7.21. The van der Waals surface area contributed by atoms with Gasteiger partial charge in [-0.15, -0.1) is 0 Å². The SMILES string of the molecule is C/C=C(/C)[C@H]1CC#C[C@@H](O[Si](C)(C)C(C)(C)C)[C@H](OC(=O)CC(C)C)C(=O)/C([Si](C)(C)C)=C/[C@H](C)C(=O)O1. The van der Waals surface area contributed by atoms with Crippen LogP contribution in [0, 0.1) is 23.7 Å². The molecule has 0 spiro atoms. The molecule has 8 heteroatoms. The zero-order chi connectivity index (χ0) is 29.6. The van der Waals surface area contributed by atoms with Crippen molar-refractivity contribution in [1.82, 2.24) is 0 Å². The average Bonchev–Trinajstić information content (AvgIpc) is 2.75. The van der Waals surface area contributed by atoms with E-state index >= 15 is 0 Å². The summed E-state index contributed by atoms with van der Waals surface area (Å²) in [5.41, 5.74) is 0.893. The average molecular weight is 563 g/mol. The van der Waals surface area contributed by atoms with E-state index < -0.39 is 52.6 Å². The first kappa shape index (κ1) is 34.1. The molecule has 0 aromatic heterocycles. The summed E-state index contributed by atoms with van der Waals surface area (Å²) >= 11 is 0.